The topological polar surface area (TPSA) is 67.4 Å². The minimum absolute atomic E-state index is 0.0137. The first-order valence-corrected chi connectivity index (χ1v) is 6.10. The lowest BCUT2D eigenvalue weighted by atomic mass is 9.90. The summed E-state index contributed by atoms with van der Waals surface area (Å²) in [5.74, 6) is -0.143. The van der Waals surface area contributed by atoms with Crippen LogP contribution in [0.3, 0.4) is 0 Å². The third-order valence-corrected chi connectivity index (χ3v) is 2.72. The van der Waals surface area contributed by atoms with E-state index in [9.17, 15) is 9.59 Å². The number of amides is 2. The van der Waals surface area contributed by atoms with Gasteiger partial charge < -0.3 is 15.4 Å². The number of carbonyl (C=O) groups excluding carboxylic acids is 2. The van der Waals surface area contributed by atoms with Gasteiger partial charge in [0.05, 0.1) is 5.92 Å². The fourth-order valence-corrected chi connectivity index (χ4v) is 1.97. The number of rotatable bonds is 2. The van der Waals surface area contributed by atoms with Gasteiger partial charge in [-0.05, 0) is 33.6 Å². The molecule has 1 rings (SSSR count). The van der Waals surface area contributed by atoms with E-state index in [0.717, 1.165) is 6.42 Å². The predicted molar refractivity (Wildman–Crippen MR) is 64.6 cm³/mol. The van der Waals surface area contributed by atoms with Crippen molar-refractivity contribution in [2.24, 2.45) is 5.92 Å². The second-order valence-corrected chi connectivity index (χ2v) is 5.35. The summed E-state index contributed by atoms with van der Waals surface area (Å²) in [5, 5.41) is 5.59. The number of hydrogen-bond donors (Lipinski definition) is 2. The molecule has 0 aromatic rings. The van der Waals surface area contributed by atoms with E-state index in [1.54, 1.807) is 0 Å². The molecule has 1 saturated heterocycles. The van der Waals surface area contributed by atoms with Crippen molar-refractivity contribution in [3.63, 3.8) is 0 Å². The molecule has 0 aromatic carbocycles. The molecule has 1 aliphatic heterocycles. The average molecular weight is 242 g/mol. The molecule has 17 heavy (non-hydrogen) atoms. The molecule has 1 aliphatic rings. The summed E-state index contributed by atoms with van der Waals surface area (Å²) in [6.45, 7) is 8.00. The molecule has 2 unspecified atom stereocenters. The van der Waals surface area contributed by atoms with Gasteiger partial charge in [-0.15, -0.1) is 0 Å². The number of piperidine rings is 1. The molecule has 0 aliphatic carbocycles. The number of alkyl carbamates (subject to hydrolysis) is 1. The van der Waals surface area contributed by atoms with Crippen LogP contribution >= 0.6 is 0 Å². The zero-order valence-corrected chi connectivity index (χ0v) is 11.0. The van der Waals surface area contributed by atoms with E-state index in [1.807, 2.05) is 27.7 Å². The summed E-state index contributed by atoms with van der Waals surface area (Å²) >= 11 is 0. The van der Waals surface area contributed by atoms with Crippen LogP contribution in [0.25, 0.3) is 0 Å². The summed E-state index contributed by atoms with van der Waals surface area (Å²) in [6.07, 6.45) is 1.02. The van der Waals surface area contributed by atoms with E-state index in [2.05, 4.69) is 10.6 Å². The Hall–Kier alpha value is -1.26. The van der Waals surface area contributed by atoms with Gasteiger partial charge in [-0.2, -0.15) is 0 Å². The lowest BCUT2D eigenvalue weighted by Crippen LogP contribution is -2.53. The Labute approximate surface area is 102 Å². The molecule has 5 heteroatoms. The zero-order valence-electron chi connectivity index (χ0n) is 11.0. The first-order valence-electron chi connectivity index (χ1n) is 6.10. The van der Waals surface area contributed by atoms with Gasteiger partial charge in [0.2, 0.25) is 5.91 Å². The maximum atomic E-state index is 11.6. The van der Waals surface area contributed by atoms with Gasteiger partial charge in [-0.1, -0.05) is 6.92 Å². The second-order valence-electron chi connectivity index (χ2n) is 5.35. The summed E-state index contributed by atoms with van der Waals surface area (Å²) in [5.41, 5.74) is -0.511. The van der Waals surface area contributed by atoms with E-state index in [0.29, 0.717) is 13.0 Å². The number of hydrogen-bond acceptors (Lipinski definition) is 3. The van der Waals surface area contributed by atoms with Crippen molar-refractivity contribution in [1.29, 1.82) is 0 Å². The van der Waals surface area contributed by atoms with Gasteiger partial charge in [-0.25, -0.2) is 4.79 Å². The molecule has 98 valence electrons. The highest BCUT2D eigenvalue weighted by Crippen LogP contribution is 2.17. The Balaban J connectivity index is 2.54. The zero-order chi connectivity index (χ0) is 13.1. The first-order chi connectivity index (χ1) is 7.83. The van der Waals surface area contributed by atoms with Crippen molar-refractivity contribution < 1.29 is 14.3 Å². The summed E-state index contributed by atoms with van der Waals surface area (Å²) in [7, 11) is 0. The van der Waals surface area contributed by atoms with E-state index in [-0.39, 0.29) is 17.9 Å². The minimum atomic E-state index is -0.511. The van der Waals surface area contributed by atoms with Crippen molar-refractivity contribution in [2.45, 2.75) is 52.2 Å². The molecule has 2 N–H and O–H groups in total. The molecule has 0 radical (unpaired) electrons. The monoisotopic (exact) mass is 242 g/mol. The van der Waals surface area contributed by atoms with E-state index in [4.69, 9.17) is 4.74 Å². The molecule has 1 fully saturated rings. The summed E-state index contributed by atoms with van der Waals surface area (Å²) in [6, 6.07) is -0.122. The van der Waals surface area contributed by atoms with Gasteiger partial charge in [0, 0.05) is 12.6 Å². The molecule has 2 atom stereocenters. The Morgan fingerprint density at radius 3 is 2.71 bits per heavy atom. The lowest BCUT2D eigenvalue weighted by Gasteiger charge is -2.31. The number of carbonyl (C=O) groups is 2. The van der Waals surface area contributed by atoms with Crippen molar-refractivity contribution >= 4 is 12.0 Å². The Morgan fingerprint density at radius 1 is 1.53 bits per heavy atom. The van der Waals surface area contributed by atoms with Crippen LogP contribution in [0.4, 0.5) is 4.79 Å². The summed E-state index contributed by atoms with van der Waals surface area (Å²) < 4.78 is 5.19. The maximum absolute atomic E-state index is 11.6. The minimum Gasteiger partial charge on any atom is -0.444 e. The Kier molecular flexibility index (Phi) is 4.37. The van der Waals surface area contributed by atoms with Crippen LogP contribution in [0.2, 0.25) is 0 Å². The van der Waals surface area contributed by atoms with E-state index >= 15 is 0 Å². The summed E-state index contributed by atoms with van der Waals surface area (Å²) in [4.78, 5) is 23.2. The Morgan fingerprint density at radius 2 is 2.18 bits per heavy atom. The fraction of sp³-hybridized carbons (Fsp3) is 0.833. The van der Waals surface area contributed by atoms with E-state index in [1.165, 1.54) is 0 Å². The van der Waals surface area contributed by atoms with E-state index < -0.39 is 11.7 Å². The van der Waals surface area contributed by atoms with Crippen LogP contribution in [-0.2, 0) is 9.53 Å². The van der Waals surface area contributed by atoms with Gasteiger partial charge in [0.25, 0.3) is 0 Å². The Bertz CT molecular complexity index is 297. The second kappa shape index (κ2) is 5.38. The van der Waals surface area contributed by atoms with Gasteiger partial charge >= 0.3 is 6.09 Å². The van der Waals surface area contributed by atoms with Crippen molar-refractivity contribution in [2.75, 3.05) is 6.54 Å². The molecule has 5 nitrogen and oxygen atoms in total. The maximum Gasteiger partial charge on any atom is 0.407 e. The van der Waals surface area contributed by atoms with Crippen molar-refractivity contribution in [3.05, 3.63) is 0 Å². The van der Waals surface area contributed by atoms with Crippen molar-refractivity contribution in [1.82, 2.24) is 10.6 Å². The average Bonchev–Trinajstić information content (AvgIpc) is 2.14. The van der Waals surface area contributed by atoms with Crippen LogP contribution < -0.4 is 10.6 Å². The highest BCUT2D eigenvalue weighted by molar-refractivity contribution is 5.81. The normalized spacial score (nSPS) is 25.1. The molecule has 0 aromatic heterocycles. The van der Waals surface area contributed by atoms with Gasteiger partial charge in [-0.3, -0.25) is 4.79 Å². The highest BCUT2D eigenvalue weighted by Gasteiger charge is 2.32. The van der Waals surface area contributed by atoms with Crippen LogP contribution in [-0.4, -0.2) is 30.2 Å². The van der Waals surface area contributed by atoms with Crippen molar-refractivity contribution in [3.8, 4) is 0 Å². The van der Waals surface area contributed by atoms with Crippen LogP contribution in [0.15, 0.2) is 0 Å². The van der Waals surface area contributed by atoms with Gasteiger partial charge in [0.1, 0.15) is 5.60 Å². The molecule has 2 amide bonds. The smallest absolute Gasteiger partial charge is 0.407 e. The predicted octanol–water partition coefficient (Wildman–Crippen LogP) is 1.43. The van der Waals surface area contributed by atoms with Crippen LogP contribution in [0.1, 0.15) is 40.5 Å². The molecule has 0 spiro atoms. The first kappa shape index (κ1) is 13.8. The molecular formula is C12H22N2O3. The van der Waals surface area contributed by atoms with Gasteiger partial charge in [0.15, 0.2) is 0 Å². The molecule has 0 bridgehead atoms. The SMILES string of the molecule is CCC1C(=O)NCCC1NC(=O)OC(C)(C)C. The number of nitrogens with one attached hydrogen (secondary N) is 2. The largest absolute Gasteiger partial charge is 0.444 e. The quantitative estimate of drug-likeness (QED) is 0.769. The molecule has 1 heterocycles. The highest BCUT2D eigenvalue weighted by atomic mass is 16.6. The standard InChI is InChI=1S/C12H22N2O3/c1-5-8-9(6-7-13-10(8)15)14-11(16)17-12(2,3)4/h8-9H,5-7H2,1-4H3,(H,13,15)(H,14,16). The van der Waals surface area contributed by atoms with Crippen LogP contribution in [0.5, 0.6) is 0 Å². The van der Waals surface area contributed by atoms with Crippen LogP contribution in [0, 0.1) is 5.92 Å². The third kappa shape index (κ3) is 4.24. The third-order valence-electron chi connectivity index (χ3n) is 2.72. The number of ether oxygens (including phenoxy) is 1. The molecule has 0 saturated carbocycles. The fourth-order valence-electron chi connectivity index (χ4n) is 1.97. The molecular weight excluding hydrogens is 220 g/mol. The lowest BCUT2D eigenvalue weighted by molar-refractivity contribution is -0.127.